The van der Waals surface area contributed by atoms with Crippen LogP contribution in [0.3, 0.4) is 0 Å². The summed E-state index contributed by atoms with van der Waals surface area (Å²) in [6.07, 6.45) is -2.60. The highest BCUT2D eigenvalue weighted by atomic mass is 79.9. The van der Waals surface area contributed by atoms with E-state index in [1.807, 2.05) is 0 Å². The average Bonchev–Trinajstić information content (AvgIpc) is 2.01. The van der Waals surface area contributed by atoms with E-state index in [1.165, 1.54) is 0 Å². The first-order valence-electron chi connectivity index (χ1n) is 3.32. The second-order valence-corrected chi connectivity index (χ2v) is 3.67. The summed E-state index contributed by atoms with van der Waals surface area (Å²) in [6.45, 7) is 0. The van der Waals surface area contributed by atoms with E-state index < -0.39 is 12.0 Å². The lowest BCUT2D eigenvalue weighted by atomic mass is 10.2. The molecule has 1 heterocycles. The summed E-state index contributed by atoms with van der Waals surface area (Å²) in [6, 6.07) is 1.15. The largest absolute Gasteiger partial charge is 0.316 e. The highest BCUT2D eigenvalue weighted by Gasteiger charge is 2.17. The van der Waals surface area contributed by atoms with Crippen molar-refractivity contribution in [3.8, 4) is 0 Å². The van der Waals surface area contributed by atoms with E-state index in [9.17, 15) is 13.6 Å². The van der Waals surface area contributed by atoms with Gasteiger partial charge in [0.1, 0.15) is 0 Å². The van der Waals surface area contributed by atoms with Gasteiger partial charge in [0.25, 0.3) is 6.43 Å². The smallest absolute Gasteiger partial charge is 0.266 e. The van der Waals surface area contributed by atoms with Crippen LogP contribution in [0, 0.1) is 0 Å². The van der Waals surface area contributed by atoms with E-state index in [0.29, 0.717) is 5.56 Å². The van der Waals surface area contributed by atoms with Gasteiger partial charge >= 0.3 is 0 Å². The molecule has 0 aliphatic rings. The SMILES string of the molecule is O=c1cc(CBr)c(C(F)F)c(Br)[nH]1. The molecule has 0 amide bonds. The van der Waals surface area contributed by atoms with Crippen LogP contribution in [0.5, 0.6) is 0 Å². The highest BCUT2D eigenvalue weighted by Crippen LogP contribution is 2.28. The minimum Gasteiger partial charge on any atom is -0.316 e. The fraction of sp³-hybridized carbons (Fsp3) is 0.286. The number of nitrogens with one attached hydrogen (secondary N) is 1. The van der Waals surface area contributed by atoms with Crippen molar-refractivity contribution in [3.63, 3.8) is 0 Å². The van der Waals surface area contributed by atoms with Crippen LogP contribution in [0.1, 0.15) is 17.6 Å². The van der Waals surface area contributed by atoms with Crippen LogP contribution >= 0.6 is 31.9 Å². The van der Waals surface area contributed by atoms with Gasteiger partial charge in [-0.1, -0.05) is 15.9 Å². The highest BCUT2D eigenvalue weighted by molar-refractivity contribution is 9.10. The molecule has 13 heavy (non-hydrogen) atoms. The Kier molecular flexibility index (Phi) is 3.61. The topological polar surface area (TPSA) is 32.9 Å². The number of hydrogen-bond acceptors (Lipinski definition) is 1. The molecule has 0 bridgehead atoms. The van der Waals surface area contributed by atoms with Crippen LogP contribution < -0.4 is 5.56 Å². The van der Waals surface area contributed by atoms with Crippen molar-refractivity contribution >= 4 is 31.9 Å². The summed E-state index contributed by atoms with van der Waals surface area (Å²) < 4.78 is 24.9. The van der Waals surface area contributed by atoms with Gasteiger partial charge in [0.05, 0.1) is 10.2 Å². The lowest BCUT2D eigenvalue weighted by Crippen LogP contribution is -2.09. The molecule has 0 spiro atoms. The number of alkyl halides is 3. The first-order chi connectivity index (χ1) is 6.06. The van der Waals surface area contributed by atoms with Crippen LogP contribution in [0.25, 0.3) is 0 Å². The summed E-state index contributed by atoms with van der Waals surface area (Å²) in [4.78, 5) is 13.1. The van der Waals surface area contributed by atoms with E-state index in [-0.39, 0.29) is 15.5 Å². The number of aromatic amines is 1. The van der Waals surface area contributed by atoms with E-state index in [0.717, 1.165) is 6.07 Å². The maximum Gasteiger partial charge on any atom is 0.266 e. The van der Waals surface area contributed by atoms with Gasteiger partial charge in [0, 0.05) is 11.4 Å². The molecule has 6 heteroatoms. The zero-order chi connectivity index (χ0) is 10.0. The maximum absolute atomic E-state index is 12.4. The van der Waals surface area contributed by atoms with Crippen LogP contribution in [0.2, 0.25) is 0 Å². The Balaban J connectivity index is 3.38. The molecule has 0 unspecified atom stereocenters. The van der Waals surface area contributed by atoms with Crippen molar-refractivity contribution in [1.82, 2.24) is 4.98 Å². The molecule has 0 aliphatic heterocycles. The molecule has 1 N–H and O–H groups in total. The number of pyridine rings is 1. The molecular formula is C7H5Br2F2NO. The first kappa shape index (κ1) is 10.8. The first-order valence-corrected chi connectivity index (χ1v) is 5.23. The van der Waals surface area contributed by atoms with Gasteiger partial charge in [0.15, 0.2) is 0 Å². The third kappa shape index (κ3) is 2.37. The number of hydrogen-bond donors (Lipinski definition) is 1. The fourth-order valence-electron chi connectivity index (χ4n) is 0.935. The van der Waals surface area contributed by atoms with Crippen LogP contribution in [0.4, 0.5) is 8.78 Å². The minimum absolute atomic E-state index is 0.0458. The second kappa shape index (κ2) is 4.32. The summed E-state index contributed by atoms with van der Waals surface area (Å²) in [7, 11) is 0. The zero-order valence-corrected chi connectivity index (χ0v) is 9.45. The van der Waals surface area contributed by atoms with Gasteiger partial charge < -0.3 is 4.98 Å². The van der Waals surface area contributed by atoms with Crippen molar-refractivity contribution in [3.05, 3.63) is 32.2 Å². The molecule has 0 saturated heterocycles. The van der Waals surface area contributed by atoms with Crippen LogP contribution in [-0.2, 0) is 5.33 Å². The predicted octanol–water partition coefficient (Wildman–Crippen LogP) is 2.97. The maximum atomic E-state index is 12.4. The Labute approximate surface area is 89.6 Å². The van der Waals surface area contributed by atoms with Gasteiger partial charge in [-0.05, 0) is 21.5 Å². The predicted molar refractivity (Wildman–Crippen MR) is 52.4 cm³/mol. The van der Waals surface area contributed by atoms with Gasteiger partial charge in [0.2, 0.25) is 5.56 Å². The lowest BCUT2D eigenvalue weighted by Gasteiger charge is -2.07. The molecule has 0 radical (unpaired) electrons. The van der Waals surface area contributed by atoms with E-state index in [2.05, 4.69) is 36.8 Å². The average molecular weight is 317 g/mol. The summed E-state index contributed by atoms with van der Waals surface area (Å²) >= 11 is 5.92. The molecular weight excluding hydrogens is 312 g/mol. The molecule has 0 aliphatic carbocycles. The van der Waals surface area contributed by atoms with Gasteiger partial charge in [-0.15, -0.1) is 0 Å². The molecule has 1 aromatic heterocycles. The second-order valence-electron chi connectivity index (χ2n) is 2.32. The fourth-order valence-corrected chi connectivity index (χ4v) is 2.02. The molecule has 0 atom stereocenters. The molecule has 2 nitrogen and oxygen atoms in total. The van der Waals surface area contributed by atoms with E-state index in [1.54, 1.807) is 0 Å². The lowest BCUT2D eigenvalue weighted by molar-refractivity contribution is 0.149. The summed E-state index contributed by atoms with van der Waals surface area (Å²) in [5.41, 5.74) is -0.271. The third-order valence-corrected chi connectivity index (χ3v) is 2.71. The Hall–Kier alpha value is -0.230. The van der Waals surface area contributed by atoms with E-state index in [4.69, 9.17) is 0 Å². The van der Waals surface area contributed by atoms with Crippen molar-refractivity contribution in [1.29, 1.82) is 0 Å². The normalized spacial score (nSPS) is 10.8. The van der Waals surface area contributed by atoms with Gasteiger partial charge in [-0.2, -0.15) is 0 Å². The third-order valence-electron chi connectivity index (χ3n) is 1.48. The molecule has 72 valence electrons. The molecule has 0 aromatic carbocycles. The zero-order valence-electron chi connectivity index (χ0n) is 6.28. The number of H-pyrrole nitrogens is 1. The number of aromatic nitrogens is 1. The Morgan fingerprint density at radius 3 is 2.62 bits per heavy atom. The van der Waals surface area contributed by atoms with Crippen molar-refractivity contribution in [2.75, 3.05) is 0 Å². The Morgan fingerprint density at radius 2 is 2.15 bits per heavy atom. The summed E-state index contributed by atoms with van der Waals surface area (Å²) in [5, 5.41) is 0.231. The molecule has 1 rings (SSSR count). The standard InChI is InChI=1S/C7H5Br2F2NO/c8-2-3-1-4(13)12-6(9)5(3)7(10)11/h1,7H,2H2,(H,12,13). The van der Waals surface area contributed by atoms with Crippen LogP contribution in [0.15, 0.2) is 15.5 Å². The number of rotatable bonds is 2. The quantitative estimate of drug-likeness (QED) is 0.660. The van der Waals surface area contributed by atoms with Crippen molar-refractivity contribution in [2.45, 2.75) is 11.8 Å². The summed E-state index contributed by atoms with van der Waals surface area (Å²) in [5.74, 6) is 0. The van der Waals surface area contributed by atoms with Gasteiger partial charge in [-0.3, -0.25) is 4.79 Å². The Morgan fingerprint density at radius 1 is 1.54 bits per heavy atom. The van der Waals surface area contributed by atoms with E-state index >= 15 is 0 Å². The van der Waals surface area contributed by atoms with Gasteiger partial charge in [-0.25, -0.2) is 8.78 Å². The van der Waals surface area contributed by atoms with Crippen molar-refractivity contribution < 1.29 is 8.78 Å². The monoisotopic (exact) mass is 315 g/mol. The minimum atomic E-state index is -2.60. The molecule has 0 fully saturated rings. The molecule has 0 saturated carbocycles. The Bertz CT molecular complexity index is 364. The van der Waals surface area contributed by atoms with Crippen LogP contribution in [-0.4, -0.2) is 4.98 Å². The number of halogens is 4. The molecule has 1 aromatic rings. The van der Waals surface area contributed by atoms with Crippen molar-refractivity contribution in [2.24, 2.45) is 0 Å².